The van der Waals surface area contributed by atoms with Gasteiger partial charge in [-0.25, -0.2) is 9.07 Å². The van der Waals surface area contributed by atoms with Crippen LogP contribution >= 0.6 is 0 Å². The number of esters is 1. The van der Waals surface area contributed by atoms with Crippen molar-refractivity contribution in [2.24, 2.45) is 0 Å². The third-order valence-electron chi connectivity index (χ3n) is 6.51. The highest BCUT2D eigenvalue weighted by Gasteiger charge is 2.28. The largest absolute Gasteiger partial charge is 0.466 e. The Kier molecular flexibility index (Phi) is 8.67. The van der Waals surface area contributed by atoms with Crippen LogP contribution < -0.4 is 0 Å². The number of rotatable bonds is 10. The van der Waals surface area contributed by atoms with Gasteiger partial charge in [-0.1, -0.05) is 36.4 Å². The summed E-state index contributed by atoms with van der Waals surface area (Å²) in [4.78, 5) is 11.6. The van der Waals surface area contributed by atoms with Gasteiger partial charge in [0.2, 0.25) is 0 Å². The van der Waals surface area contributed by atoms with Crippen LogP contribution in [-0.2, 0) is 22.4 Å². The first kappa shape index (κ1) is 25.8. The fraction of sp³-hybridized carbons (Fsp3) is 0.379. The van der Waals surface area contributed by atoms with Gasteiger partial charge in [-0.15, -0.1) is 0 Å². The molecule has 36 heavy (non-hydrogen) atoms. The summed E-state index contributed by atoms with van der Waals surface area (Å²) >= 11 is 0. The molecule has 0 bridgehead atoms. The molecule has 1 aromatic heterocycles. The number of fused-ring (bicyclic) bond motifs is 1. The number of aromatic nitrogens is 2. The number of halogens is 1. The van der Waals surface area contributed by atoms with E-state index >= 15 is 0 Å². The summed E-state index contributed by atoms with van der Waals surface area (Å²) in [6.45, 7) is 1.95. The van der Waals surface area contributed by atoms with Crippen molar-refractivity contribution in [3.8, 4) is 5.69 Å². The lowest BCUT2D eigenvalue weighted by atomic mass is 9.83. The molecule has 190 valence electrons. The Morgan fingerprint density at radius 3 is 2.67 bits per heavy atom. The zero-order chi connectivity index (χ0) is 25.5. The molecule has 1 heterocycles. The highest BCUT2D eigenvalue weighted by atomic mass is 19.1. The van der Waals surface area contributed by atoms with Gasteiger partial charge < -0.3 is 14.9 Å². The van der Waals surface area contributed by atoms with Crippen molar-refractivity contribution < 1.29 is 24.1 Å². The molecule has 0 amide bonds. The lowest BCUT2D eigenvalue weighted by Gasteiger charge is -2.21. The normalized spacial score (nSPS) is 17.1. The highest BCUT2D eigenvalue weighted by Crippen LogP contribution is 2.36. The van der Waals surface area contributed by atoms with Crippen molar-refractivity contribution >= 4 is 12.0 Å². The van der Waals surface area contributed by atoms with Gasteiger partial charge in [0.15, 0.2) is 0 Å². The number of aliphatic hydroxyl groups is 2. The first-order valence-corrected chi connectivity index (χ1v) is 12.6. The minimum Gasteiger partial charge on any atom is -0.466 e. The summed E-state index contributed by atoms with van der Waals surface area (Å²) in [5.41, 5.74) is 5.00. The van der Waals surface area contributed by atoms with Gasteiger partial charge in [-0.2, -0.15) is 5.10 Å². The molecule has 7 heteroatoms. The molecule has 4 rings (SSSR count). The van der Waals surface area contributed by atoms with Crippen LogP contribution in [0.2, 0.25) is 0 Å². The maximum Gasteiger partial charge on any atom is 0.308 e. The second kappa shape index (κ2) is 12.1. The van der Waals surface area contributed by atoms with Crippen LogP contribution in [0.4, 0.5) is 4.39 Å². The summed E-state index contributed by atoms with van der Waals surface area (Å²) in [6.07, 6.45) is 5.15. The first-order valence-electron chi connectivity index (χ1n) is 12.6. The Bertz CT molecular complexity index is 1170. The van der Waals surface area contributed by atoms with Crippen LogP contribution in [0.3, 0.4) is 0 Å². The number of aliphatic hydroxyl groups excluding tert-OH is 2. The molecule has 3 atom stereocenters. The number of carbonyl (C=O) groups excluding carboxylic acids is 1. The quantitative estimate of drug-likeness (QED) is 0.399. The molecule has 0 aliphatic heterocycles. The summed E-state index contributed by atoms with van der Waals surface area (Å²) < 4.78 is 20.3. The van der Waals surface area contributed by atoms with E-state index in [9.17, 15) is 19.4 Å². The Labute approximate surface area is 211 Å². The molecule has 2 aromatic carbocycles. The van der Waals surface area contributed by atoms with Crippen LogP contribution in [0.25, 0.3) is 11.8 Å². The molecule has 6 nitrogen and oxygen atoms in total. The number of hydrogen-bond donors (Lipinski definition) is 2. The Balaban J connectivity index is 1.61. The summed E-state index contributed by atoms with van der Waals surface area (Å²) in [7, 11) is 0. The Morgan fingerprint density at radius 2 is 1.94 bits per heavy atom. The molecule has 3 aromatic rings. The first-order chi connectivity index (χ1) is 17.4. The fourth-order valence-electron chi connectivity index (χ4n) is 4.83. The van der Waals surface area contributed by atoms with Crippen LogP contribution in [0.1, 0.15) is 61.0 Å². The molecule has 2 N–H and O–H groups in total. The van der Waals surface area contributed by atoms with Crippen LogP contribution in [0.5, 0.6) is 0 Å². The molecule has 0 spiro atoms. The topological polar surface area (TPSA) is 84.6 Å². The van der Waals surface area contributed by atoms with Crippen molar-refractivity contribution in [2.75, 3.05) is 6.61 Å². The van der Waals surface area contributed by atoms with Crippen molar-refractivity contribution in [1.29, 1.82) is 0 Å². The molecule has 1 aliphatic carbocycles. The fourth-order valence-corrected chi connectivity index (χ4v) is 4.83. The van der Waals surface area contributed by atoms with E-state index in [0.717, 1.165) is 48.3 Å². The standard InChI is InChI=1S/C29H33FN2O4/c1-2-36-28(35)19-25(34)18-24(33)15-16-27-26-10-6-9-21(17-20-7-4-3-5-8-20)29(26)31-32(27)23-13-11-22(30)12-14-23/h3-5,7-8,11-16,21,24-25,33-34H,2,6,9-10,17-19H2,1H3/b16-15+. The van der Waals surface area contributed by atoms with Gasteiger partial charge in [-0.05, 0) is 68.5 Å². The average molecular weight is 493 g/mol. The van der Waals surface area contributed by atoms with Crippen LogP contribution in [0.15, 0.2) is 60.7 Å². The number of benzene rings is 2. The molecule has 0 fully saturated rings. The summed E-state index contributed by atoms with van der Waals surface area (Å²) in [5, 5.41) is 25.7. The van der Waals surface area contributed by atoms with E-state index in [2.05, 4.69) is 12.1 Å². The lowest BCUT2D eigenvalue weighted by Crippen LogP contribution is -2.20. The predicted molar refractivity (Wildman–Crippen MR) is 136 cm³/mol. The van der Waals surface area contributed by atoms with E-state index in [1.54, 1.807) is 25.1 Å². The lowest BCUT2D eigenvalue weighted by molar-refractivity contribution is -0.145. The number of carbonyl (C=O) groups is 1. The van der Waals surface area contributed by atoms with Crippen molar-refractivity contribution in [2.45, 2.75) is 63.6 Å². The summed E-state index contributed by atoms with van der Waals surface area (Å²) in [5.74, 6) is -0.545. The van der Waals surface area contributed by atoms with Gasteiger partial charge in [0.25, 0.3) is 0 Å². The molecular weight excluding hydrogens is 459 g/mol. The second-order valence-electron chi connectivity index (χ2n) is 9.24. The predicted octanol–water partition coefficient (Wildman–Crippen LogP) is 4.75. The van der Waals surface area contributed by atoms with Gasteiger partial charge >= 0.3 is 5.97 Å². The van der Waals surface area contributed by atoms with E-state index in [-0.39, 0.29) is 31.2 Å². The molecule has 1 aliphatic rings. The number of nitrogens with zero attached hydrogens (tertiary/aromatic N) is 2. The molecule has 0 saturated carbocycles. The van der Waals surface area contributed by atoms with Gasteiger partial charge in [-0.3, -0.25) is 4.79 Å². The monoisotopic (exact) mass is 492 g/mol. The minimum atomic E-state index is -1.00. The molecular formula is C29H33FN2O4. The molecule has 0 saturated heterocycles. The smallest absolute Gasteiger partial charge is 0.308 e. The van der Waals surface area contributed by atoms with Gasteiger partial charge in [0, 0.05) is 17.9 Å². The third kappa shape index (κ3) is 6.47. The maximum absolute atomic E-state index is 13.6. The highest BCUT2D eigenvalue weighted by molar-refractivity contribution is 5.69. The minimum absolute atomic E-state index is 0.0127. The average Bonchev–Trinajstić information content (AvgIpc) is 3.23. The Hall–Kier alpha value is -3.29. The van der Waals surface area contributed by atoms with E-state index < -0.39 is 18.2 Å². The van der Waals surface area contributed by atoms with E-state index in [1.807, 2.05) is 29.0 Å². The van der Waals surface area contributed by atoms with Gasteiger partial charge in [0.1, 0.15) is 5.82 Å². The van der Waals surface area contributed by atoms with Crippen molar-refractivity contribution in [3.63, 3.8) is 0 Å². The number of ether oxygens (including phenoxy) is 1. The third-order valence-corrected chi connectivity index (χ3v) is 6.51. The van der Waals surface area contributed by atoms with E-state index in [1.165, 1.54) is 17.7 Å². The molecule has 0 radical (unpaired) electrons. The zero-order valence-electron chi connectivity index (χ0n) is 20.5. The maximum atomic E-state index is 13.6. The Morgan fingerprint density at radius 1 is 1.19 bits per heavy atom. The van der Waals surface area contributed by atoms with Crippen molar-refractivity contribution in [1.82, 2.24) is 9.78 Å². The second-order valence-corrected chi connectivity index (χ2v) is 9.24. The molecule has 3 unspecified atom stereocenters. The number of hydrogen-bond acceptors (Lipinski definition) is 5. The SMILES string of the molecule is CCOC(=O)CC(O)CC(O)/C=C/c1c2c(nn1-c1ccc(F)cc1)C(Cc1ccccc1)CCC2. The van der Waals surface area contributed by atoms with Crippen LogP contribution in [0, 0.1) is 5.82 Å². The van der Waals surface area contributed by atoms with Gasteiger partial charge in [0.05, 0.1) is 42.3 Å². The van der Waals surface area contributed by atoms with E-state index in [4.69, 9.17) is 9.84 Å². The van der Waals surface area contributed by atoms with Crippen LogP contribution in [-0.4, -0.2) is 44.8 Å². The summed E-state index contributed by atoms with van der Waals surface area (Å²) in [6, 6.07) is 16.6. The zero-order valence-corrected chi connectivity index (χ0v) is 20.5. The van der Waals surface area contributed by atoms with E-state index in [0.29, 0.717) is 0 Å². The van der Waals surface area contributed by atoms with Crippen molar-refractivity contribution in [3.05, 3.63) is 89.0 Å².